The lowest BCUT2D eigenvalue weighted by Crippen LogP contribution is -2.38. The van der Waals surface area contributed by atoms with Crippen molar-refractivity contribution in [2.45, 2.75) is 19.8 Å². The standard InChI is InChI=1S/C13H14FNO2.C2H4/c1-9-2-3-10(8-12(9)14)13(17)15-6-4-11(16)5-7-15;1-2/h2-3,8H,4-7H2,1H3;1-2H2. The van der Waals surface area contributed by atoms with Crippen LogP contribution in [0.25, 0.3) is 0 Å². The van der Waals surface area contributed by atoms with Crippen LogP contribution >= 0.6 is 0 Å². The van der Waals surface area contributed by atoms with Gasteiger partial charge in [0.25, 0.3) is 5.91 Å². The fourth-order valence-corrected chi connectivity index (χ4v) is 1.87. The highest BCUT2D eigenvalue weighted by molar-refractivity contribution is 5.95. The van der Waals surface area contributed by atoms with E-state index in [1.54, 1.807) is 24.0 Å². The van der Waals surface area contributed by atoms with Crippen LogP contribution in [0.5, 0.6) is 0 Å². The Morgan fingerprint density at radius 1 is 1.26 bits per heavy atom. The smallest absolute Gasteiger partial charge is 0.253 e. The van der Waals surface area contributed by atoms with Gasteiger partial charge in [-0.1, -0.05) is 6.07 Å². The number of hydrogen-bond donors (Lipinski definition) is 0. The molecule has 0 N–H and O–H groups in total. The number of halogens is 1. The summed E-state index contributed by atoms with van der Waals surface area (Å²) in [5.41, 5.74) is 0.873. The molecule has 0 spiro atoms. The molecule has 1 aromatic rings. The van der Waals surface area contributed by atoms with Crippen molar-refractivity contribution in [3.05, 3.63) is 48.3 Å². The third kappa shape index (κ3) is 3.74. The summed E-state index contributed by atoms with van der Waals surface area (Å²) in [6.07, 6.45) is 0.806. The molecule has 0 aliphatic carbocycles. The SMILES string of the molecule is C=C.Cc1ccc(C(=O)N2CCC(=O)CC2)cc1F. The molecule has 0 atom stereocenters. The molecule has 0 unspecified atom stereocenters. The number of likely N-dealkylation sites (tertiary alicyclic amines) is 1. The Labute approximate surface area is 112 Å². The van der Waals surface area contributed by atoms with Gasteiger partial charge in [-0.15, -0.1) is 13.2 Å². The minimum atomic E-state index is -0.371. The zero-order chi connectivity index (χ0) is 14.4. The van der Waals surface area contributed by atoms with Crippen LogP contribution in [0.2, 0.25) is 0 Å². The van der Waals surface area contributed by atoms with E-state index in [1.807, 2.05) is 0 Å². The first kappa shape index (κ1) is 15.1. The molecule has 1 aliphatic heterocycles. The molecule has 1 fully saturated rings. The average Bonchev–Trinajstić information content (AvgIpc) is 2.44. The first-order chi connectivity index (χ1) is 9.08. The third-order valence-corrected chi connectivity index (χ3v) is 3.03. The lowest BCUT2D eigenvalue weighted by Gasteiger charge is -2.26. The van der Waals surface area contributed by atoms with Gasteiger partial charge in [0.1, 0.15) is 11.6 Å². The number of ketones is 1. The predicted octanol–water partition coefficient (Wildman–Crippen LogP) is 2.74. The maximum atomic E-state index is 13.3. The normalized spacial score (nSPS) is 14.6. The number of hydrogen-bond acceptors (Lipinski definition) is 2. The van der Waals surface area contributed by atoms with E-state index in [-0.39, 0.29) is 17.5 Å². The van der Waals surface area contributed by atoms with E-state index in [4.69, 9.17) is 0 Å². The van der Waals surface area contributed by atoms with Crippen molar-refractivity contribution < 1.29 is 14.0 Å². The monoisotopic (exact) mass is 263 g/mol. The summed E-state index contributed by atoms with van der Waals surface area (Å²) in [5, 5.41) is 0. The second kappa shape index (κ2) is 6.83. The molecule has 1 aromatic carbocycles. The van der Waals surface area contributed by atoms with Gasteiger partial charge in [0.15, 0.2) is 0 Å². The van der Waals surface area contributed by atoms with E-state index < -0.39 is 0 Å². The molecule has 1 aliphatic rings. The summed E-state index contributed by atoms with van der Waals surface area (Å²) in [7, 11) is 0. The van der Waals surface area contributed by atoms with Crippen molar-refractivity contribution in [2.24, 2.45) is 0 Å². The van der Waals surface area contributed by atoms with E-state index in [9.17, 15) is 14.0 Å². The number of rotatable bonds is 1. The zero-order valence-electron chi connectivity index (χ0n) is 11.1. The largest absolute Gasteiger partial charge is 0.338 e. The molecule has 1 amide bonds. The van der Waals surface area contributed by atoms with Crippen molar-refractivity contribution >= 4 is 11.7 Å². The predicted molar refractivity (Wildman–Crippen MR) is 72.5 cm³/mol. The molecule has 1 saturated heterocycles. The Balaban J connectivity index is 0.000000861. The van der Waals surface area contributed by atoms with Crippen molar-refractivity contribution in [3.8, 4) is 0 Å². The van der Waals surface area contributed by atoms with Crippen LogP contribution in [0.3, 0.4) is 0 Å². The van der Waals surface area contributed by atoms with Crippen LogP contribution < -0.4 is 0 Å². The van der Waals surface area contributed by atoms with Gasteiger partial charge >= 0.3 is 0 Å². The van der Waals surface area contributed by atoms with Crippen LogP contribution in [-0.4, -0.2) is 29.7 Å². The molecule has 3 nitrogen and oxygen atoms in total. The number of piperidine rings is 1. The molecular weight excluding hydrogens is 245 g/mol. The first-order valence-corrected chi connectivity index (χ1v) is 6.15. The molecular formula is C15H18FNO2. The second-order valence-corrected chi connectivity index (χ2v) is 4.29. The van der Waals surface area contributed by atoms with Crippen LogP contribution in [0.15, 0.2) is 31.4 Å². The van der Waals surface area contributed by atoms with Crippen molar-refractivity contribution in [2.75, 3.05) is 13.1 Å². The Bertz CT molecular complexity index is 475. The Morgan fingerprint density at radius 2 is 1.84 bits per heavy atom. The van der Waals surface area contributed by atoms with E-state index in [2.05, 4.69) is 13.2 Å². The van der Waals surface area contributed by atoms with E-state index in [0.29, 0.717) is 37.1 Å². The van der Waals surface area contributed by atoms with E-state index >= 15 is 0 Å². The highest BCUT2D eigenvalue weighted by Crippen LogP contribution is 2.14. The third-order valence-electron chi connectivity index (χ3n) is 3.03. The van der Waals surface area contributed by atoms with Gasteiger partial charge in [-0.2, -0.15) is 0 Å². The fraction of sp³-hybridized carbons (Fsp3) is 0.333. The minimum absolute atomic E-state index is 0.184. The van der Waals surface area contributed by atoms with Gasteiger partial charge in [-0.25, -0.2) is 4.39 Å². The van der Waals surface area contributed by atoms with E-state index in [0.717, 1.165) is 0 Å². The summed E-state index contributed by atoms with van der Waals surface area (Å²) in [5.74, 6) is -0.385. The number of amides is 1. The summed E-state index contributed by atoms with van der Waals surface area (Å²) < 4.78 is 13.3. The van der Waals surface area contributed by atoms with Crippen molar-refractivity contribution in [1.82, 2.24) is 4.90 Å². The second-order valence-electron chi connectivity index (χ2n) is 4.29. The Hall–Kier alpha value is -1.97. The molecule has 0 radical (unpaired) electrons. The topological polar surface area (TPSA) is 37.4 Å². The molecule has 0 saturated carbocycles. The minimum Gasteiger partial charge on any atom is -0.338 e. The summed E-state index contributed by atoms with van der Waals surface area (Å²) in [6.45, 7) is 8.53. The number of carbonyl (C=O) groups excluding carboxylic acids is 2. The molecule has 4 heteroatoms. The fourth-order valence-electron chi connectivity index (χ4n) is 1.87. The summed E-state index contributed by atoms with van der Waals surface area (Å²) in [6, 6.07) is 4.48. The van der Waals surface area contributed by atoms with Gasteiger partial charge in [0.2, 0.25) is 0 Å². The van der Waals surface area contributed by atoms with Gasteiger partial charge in [-0.3, -0.25) is 9.59 Å². The maximum Gasteiger partial charge on any atom is 0.253 e. The van der Waals surface area contributed by atoms with Gasteiger partial charge in [-0.05, 0) is 24.6 Å². The van der Waals surface area contributed by atoms with Crippen molar-refractivity contribution in [1.29, 1.82) is 0 Å². The van der Waals surface area contributed by atoms with Gasteiger partial charge in [0, 0.05) is 31.5 Å². The molecule has 1 heterocycles. The lowest BCUT2D eigenvalue weighted by atomic mass is 10.1. The van der Waals surface area contributed by atoms with Crippen molar-refractivity contribution in [3.63, 3.8) is 0 Å². The Kier molecular flexibility index (Phi) is 5.42. The van der Waals surface area contributed by atoms with Gasteiger partial charge in [0.05, 0.1) is 0 Å². The number of Topliss-reactive ketones (excluding diaryl/α,β-unsaturated/α-hetero) is 1. The molecule has 19 heavy (non-hydrogen) atoms. The van der Waals surface area contributed by atoms with Crippen LogP contribution in [0, 0.1) is 12.7 Å². The Morgan fingerprint density at radius 3 is 2.37 bits per heavy atom. The van der Waals surface area contributed by atoms with Gasteiger partial charge < -0.3 is 4.90 Å². The van der Waals surface area contributed by atoms with E-state index in [1.165, 1.54) is 6.07 Å². The highest BCUT2D eigenvalue weighted by atomic mass is 19.1. The number of carbonyl (C=O) groups is 2. The average molecular weight is 263 g/mol. The maximum absolute atomic E-state index is 13.3. The lowest BCUT2D eigenvalue weighted by molar-refractivity contribution is -0.120. The number of aryl methyl sites for hydroxylation is 1. The van der Waals surface area contributed by atoms with Crippen LogP contribution in [0.4, 0.5) is 4.39 Å². The summed E-state index contributed by atoms with van der Waals surface area (Å²) in [4.78, 5) is 24.7. The first-order valence-electron chi connectivity index (χ1n) is 6.15. The highest BCUT2D eigenvalue weighted by Gasteiger charge is 2.22. The number of benzene rings is 1. The quantitative estimate of drug-likeness (QED) is 0.731. The number of nitrogens with zero attached hydrogens (tertiary/aromatic N) is 1. The zero-order valence-corrected chi connectivity index (χ0v) is 11.1. The molecule has 0 aromatic heterocycles. The molecule has 102 valence electrons. The summed E-state index contributed by atoms with van der Waals surface area (Å²) >= 11 is 0. The van der Waals surface area contributed by atoms with Crippen LogP contribution in [0.1, 0.15) is 28.8 Å². The van der Waals surface area contributed by atoms with Crippen LogP contribution in [-0.2, 0) is 4.79 Å². The molecule has 2 rings (SSSR count). The molecule has 0 bridgehead atoms.